The highest BCUT2D eigenvalue weighted by molar-refractivity contribution is 8.00. The van der Waals surface area contributed by atoms with E-state index in [1.54, 1.807) is 24.3 Å². The molecule has 4 rings (SSSR count). The van der Waals surface area contributed by atoms with Crippen molar-refractivity contribution in [2.24, 2.45) is 5.92 Å². The highest BCUT2D eigenvalue weighted by Crippen LogP contribution is 2.52. The SMILES string of the molecule is COc1ccc([C@@H]2c3sc(=O)[nH]c3S[C@H]3C(=O)N(CC(=O)[O-])C(=O)[C@H]23)cc1. The Morgan fingerprint density at radius 3 is 2.56 bits per heavy atom. The zero-order valence-corrected chi connectivity index (χ0v) is 15.6. The number of aromatic nitrogens is 1. The molecule has 8 nitrogen and oxygen atoms in total. The number of hydrogen-bond acceptors (Lipinski definition) is 8. The molecule has 10 heteroatoms. The molecule has 3 heterocycles. The molecule has 1 fully saturated rings. The Balaban J connectivity index is 1.83. The molecule has 2 aliphatic heterocycles. The highest BCUT2D eigenvalue weighted by atomic mass is 32.2. The van der Waals surface area contributed by atoms with Crippen LogP contribution in [0, 0.1) is 5.92 Å². The molecule has 0 unspecified atom stereocenters. The van der Waals surface area contributed by atoms with Crippen molar-refractivity contribution >= 4 is 40.9 Å². The summed E-state index contributed by atoms with van der Waals surface area (Å²) in [5.41, 5.74) is 0.749. The molecule has 0 bridgehead atoms. The quantitative estimate of drug-likeness (QED) is 0.699. The number of carbonyl (C=O) groups is 3. The molecule has 1 N–H and O–H groups in total. The highest BCUT2D eigenvalue weighted by Gasteiger charge is 2.55. The van der Waals surface area contributed by atoms with E-state index >= 15 is 0 Å². The Bertz CT molecular complexity index is 996. The van der Waals surface area contributed by atoms with Gasteiger partial charge < -0.3 is 19.6 Å². The number of aliphatic carboxylic acids is 1. The standard InChI is InChI=1S/C17H14N2O6S2/c1-25-8-4-2-7(3-5-8)10-11-13(26-14-12(10)27-17(24)18-14)16(23)19(15(11)22)6-9(20)21/h2-5,10-11,13H,6H2,1H3,(H,18,24)(H,20,21)/p-1/t10-,11+,13+/m0/s1. The number of fused-ring (bicyclic) bond motifs is 2. The lowest BCUT2D eigenvalue weighted by molar-refractivity contribution is -0.305. The van der Waals surface area contributed by atoms with Gasteiger partial charge in [0.05, 0.1) is 30.6 Å². The van der Waals surface area contributed by atoms with Crippen molar-refractivity contribution in [3.05, 3.63) is 44.4 Å². The van der Waals surface area contributed by atoms with Gasteiger partial charge in [-0.2, -0.15) is 0 Å². The fourth-order valence-electron chi connectivity index (χ4n) is 3.53. The number of thiazole rings is 1. The Hall–Kier alpha value is -2.59. The normalized spacial score (nSPS) is 23.9. The van der Waals surface area contributed by atoms with Crippen molar-refractivity contribution in [2.45, 2.75) is 16.2 Å². The second kappa shape index (κ2) is 6.54. The summed E-state index contributed by atoms with van der Waals surface area (Å²) in [5, 5.41) is 10.7. The first kappa shape index (κ1) is 17.8. The number of ether oxygens (including phenoxy) is 1. The van der Waals surface area contributed by atoms with E-state index in [-0.39, 0.29) is 4.87 Å². The van der Waals surface area contributed by atoms with Crippen LogP contribution in [0.15, 0.2) is 34.1 Å². The molecule has 3 atom stereocenters. The Labute approximate surface area is 161 Å². The van der Waals surface area contributed by atoms with E-state index < -0.39 is 41.4 Å². The minimum Gasteiger partial charge on any atom is -0.548 e. The number of carbonyl (C=O) groups excluding carboxylic acids is 3. The Morgan fingerprint density at radius 2 is 1.93 bits per heavy atom. The molecule has 0 saturated carbocycles. The van der Waals surface area contributed by atoms with Crippen molar-refractivity contribution in [3.8, 4) is 5.75 Å². The van der Waals surface area contributed by atoms with Crippen LogP contribution in [0.3, 0.4) is 0 Å². The van der Waals surface area contributed by atoms with Crippen LogP contribution in [0.25, 0.3) is 0 Å². The Morgan fingerprint density at radius 1 is 1.22 bits per heavy atom. The molecule has 0 radical (unpaired) electrons. The molecule has 2 amide bonds. The number of nitrogens with one attached hydrogen (secondary N) is 1. The molecule has 1 aromatic heterocycles. The smallest absolute Gasteiger partial charge is 0.305 e. The summed E-state index contributed by atoms with van der Waals surface area (Å²) >= 11 is 2.10. The number of aromatic amines is 1. The monoisotopic (exact) mass is 405 g/mol. The van der Waals surface area contributed by atoms with Crippen LogP contribution in [0.2, 0.25) is 0 Å². The van der Waals surface area contributed by atoms with E-state index in [0.717, 1.165) is 33.6 Å². The molecule has 0 aliphatic carbocycles. The van der Waals surface area contributed by atoms with Gasteiger partial charge >= 0.3 is 4.87 Å². The summed E-state index contributed by atoms with van der Waals surface area (Å²) in [7, 11) is 1.54. The number of carboxylic acid groups (broad SMARTS) is 1. The molecule has 1 aromatic carbocycles. The van der Waals surface area contributed by atoms with Crippen molar-refractivity contribution in [1.29, 1.82) is 0 Å². The van der Waals surface area contributed by atoms with Gasteiger partial charge in [0.15, 0.2) is 0 Å². The summed E-state index contributed by atoms with van der Waals surface area (Å²) in [6, 6.07) is 7.04. The van der Waals surface area contributed by atoms with Gasteiger partial charge in [-0.05, 0) is 17.7 Å². The van der Waals surface area contributed by atoms with E-state index in [1.807, 2.05) is 0 Å². The predicted octanol–water partition coefficient (Wildman–Crippen LogP) is -0.214. The van der Waals surface area contributed by atoms with Crippen molar-refractivity contribution in [3.63, 3.8) is 0 Å². The Kier molecular flexibility index (Phi) is 4.31. The van der Waals surface area contributed by atoms with Crippen LogP contribution in [-0.4, -0.2) is 46.6 Å². The third-order valence-electron chi connectivity index (χ3n) is 4.68. The van der Waals surface area contributed by atoms with E-state index in [2.05, 4.69) is 4.98 Å². The lowest BCUT2D eigenvalue weighted by Gasteiger charge is -2.29. The lowest BCUT2D eigenvalue weighted by Crippen LogP contribution is -2.42. The number of imide groups is 1. The van der Waals surface area contributed by atoms with Gasteiger partial charge in [0, 0.05) is 10.8 Å². The maximum atomic E-state index is 12.9. The summed E-state index contributed by atoms with van der Waals surface area (Å²) in [5.74, 6) is -3.30. The van der Waals surface area contributed by atoms with Crippen LogP contribution >= 0.6 is 23.1 Å². The average molecular weight is 405 g/mol. The van der Waals surface area contributed by atoms with Crippen molar-refractivity contribution in [2.75, 3.05) is 13.7 Å². The molecular weight excluding hydrogens is 392 g/mol. The molecule has 27 heavy (non-hydrogen) atoms. The third kappa shape index (κ3) is 2.85. The number of thioether (sulfide) groups is 1. The maximum Gasteiger partial charge on any atom is 0.305 e. The van der Waals surface area contributed by atoms with Gasteiger partial charge in [0.25, 0.3) is 0 Å². The molecule has 2 aliphatic rings. The molecule has 0 spiro atoms. The first-order valence-electron chi connectivity index (χ1n) is 7.99. The van der Waals surface area contributed by atoms with Crippen LogP contribution in [-0.2, 0) is 14.4 Å². The number of methoxy groups -OCH3 is 1. The maximum absolute atomic E-state index is 12.9. The van der Waals surface area contributed by atoms with Crippen molar-refractivity contribution in [1.82, 2.24) is 9.88 Å². The number of carboxylic acids is 1. The van der Waals surface area contributed by atoms with Crippen LogP contribution < -0.4 is 14.7 Å². The largest absolute Gasteiger partial charge is 0.548 e. The number of amides is 2. The van der Waals surface area contributed by atoms with E-state index in [0.29, 0.717) is 15.7 Å². The van der Waals surface area contributed by atoms with Gasteiger partial charge in [-0.3, -0.25) is 19.3 Å². The molecule has 1 saturated heterocycles. The number of hydrogen-bond donors (Lipinski definition) is 1. The van der Waals surface area contributed by atoms with E-state index in [1.165, 1.54) is 7.11 Å². The minimum atomic E-state index is -1.50. The third-order valence-corrected chi connectivity index (χ3v) is 7.08. The summed E-state index contributed by atoms with van der Waals surface area (Å²) < 4.78 is 5.16. The van der Waals surface area contributed by atoms with Crippen LogP contribution in [0.1, 0.15) is 16.4 Å². The number of benzene rings is 1. The van der Waals surface area contributed by atoms with Crippen molar-refractivity contribution < 1.29 is 24.2 Å². The summed E-state index contributed by atoms with van der Waals surface area (Å²) in [6.07, 6.45) is 0. The van der Waals surface area contributed by atoms with Gasteiger partial charge in [-0.15, -0.1) is 0 Å². The van der Waals surface area contributed by atoms with Gasteiger partial charge in [-0.1, -0.05) is 35.2 Å². The zero-order chi connectivity index (χ0) is 19.3. The zero-order valence-electron chi connectivity index (χ0n) is 14.0. The van der Waals surface area contributed by atoms with E-state index in [9.17, 15) is 24.3 Å². The minimum absolute atomic E-state index is 0.266. The second-order valence-corrected chi connectivity index (χ2v) is 8.32. The topological polar surface area (TPSA) is 120 Å². The number of H-pyrrole nitrogens is 1. The van der Waals surface area contributed by atoms with Gasteiger partial charge in [-0.25, -0.2) is 0 Å². The first-order valence-corrected chi connectivity index (χ1v) is 9.69. The van der Waals surface area contributed by atoms with Crippen LogP contribution in [0.5, 0.6) is 5.75 Å². The second-order valence-electron chi connectivity index (χ2n) is 6.16. The fraction of sp³-hybridized carbons (Fsp3) is 0.294. The number of rotatable bonds is 4. The van der Waals surface area contributed by atoms with Gasteiger partial charge in [0.1, 0.15) is 11.0 Å². The fourth-order valence-corrected chi connectivity index (χ4v) is 6.07. The first-order chi connectivity index (χ1) is 12.9. The average Bonchev–Trinajstić information content (AvgIpc) is 3.12. The number of likely N-dealkylation sites (tertiary alicyclic amines) is 1. The predicted molar refractivity (Wildman–Crippen MR) is 94.6 cm³/mol. The molecular formula is C17H13N2O6S2-. The molecule has 140 valence electrons. The number of nitrogens with zero attached hydrogens (tertiary/aromatic N) is 1. The summed E-state index contributed by atoms with van der Waals surface area (Å²) in [4.78, 5) is 52.3. The summed E-state index contributed by atoms with van der Waals surface area (Å²) in [6.45, 7) is -0.773. The molecule has 2 aromatic rings. The van der Waals surface area contributed by atoms with E-state index in [4.69, 9.17) is 4.74 Å². The lowest BCUT2D eigenvalue weighted by atomic mass is 9.83. The van der Waals surface area contributed by atoms with Crippen LogP contribution in [0.4, 0.5) is 0 Å². The van der Waals surface area contributed by atoms with Gasteiger partial charge in [0.2, 0.25) is 11.8 Å².